The van der Waals surface area contributed by atoms with E-state index in [1.807, 2.05) is 31.2 Å². The van der Waals surface area contributed by atoms with Crippen molar-refractivity contribution in [1.82, 2.24) is 4.98 Å². The molecular formula is C24H23N3O3. The molecule has 0 saturated carbocycles. The molecule has 0 spiro atoms. The molecule has 2 aromatic carbocycles. The van der Waals surface area contributed by atoms with E-state index in [4.69, 9.17) is 4.74 Å². The summed E-state index contributed by atoms with van der Waals surface area (Å²) in [4.78, 5) is 30.4. The molecule has 0 unspecified atom stereocenters. The predicted octanol–water partition coefficient (Wildman–Crippen LogP) is 4.73. The summed E-state index contributed by atoms with van der Waals surface area (Å²) in [5.74, 6) is 1.11. The summed E-state index contributed by atoms with van der Waals surface area (Å²) >= 11 is 0. The van der Waals surface area contributed by atoms with E-state index >= 15 is 0 Å². The highest BCUT2D eigenvalue weighted by Gasteiger charge is 2.20. The number of anilines is 2. The smallest absolute Gasteiger partial charge is 0.255 e. The van der Waals surface area contributed by atoms with Gasteiger partial charge in [0, 0.05) is 42.8 Å². The Morgan fingerprint density at radius 2 is 1.87 bits per heavy atom. The van der Waals surface area contributed by atoms with E-state index in [1.165, 1.54) is 0 Å². The lowest BCUT2D eigenvalue weighted by atomic mass is 10.0. The Bertz CT molecular complexity index is 1100. The number of nitrogens with one attached hydrogen (secondary N) is 1. The second-order valence-corrected chi connectivity index (χ2v) is 7.34. The number of amides is 2. The minimum Gasteiger partial charge on any atom is -0.457 e. The van der Waals surface area contributed by atoms with Crippen molar-refractivity contribution in [2.75, 3.05) is 16.8 Å². The standard InChI is InChI=1S/C24H23N3O3/c1-16-5-6-19(15-23(16)30-21-9-11-25-12-10-21)24(29)26-20-7-8-22-18(14-20)4-3-13-27(22)17(2)28/h5-12,14-15H,3-4,13H2,1-2H3,(H,26,29). The number of ether oxygens (including phenoxy) is 1. The molecule has 0 saturated heterocycles. The molecule has 4 rings (SSSR count). The summed E-state index contributed by atoms with van der Waals surface area (Å²) in [6, 6.07) is 14.6. The van der Waals surface area contributed by atoms with Gasteiger partial charge in [-0.15, -0.1) is 0 Å². The summed E-state index contributed by atoms with van der Waals surface area (Å²) in [5, 5.41) is 2.96. The number of benzene rings is 2. The van der Waals surface area contributed by atoms with Crippen LogP contribution in [-0.4, -0.2) is 23.3 Å². The summed E-state index contributed by atoms with van der Waals surface area (Å²) < 4.78 is 5.90. The molecule has 1 aliphatic rings. The SMILES string of the molecule is CC(=O)N1CCCc2cc(NC(=O)c3ccc(C)c(Oc4ccncc4)c3)ccc21. The van der Waals surface area contributed by atoms with Gasteiger partial charge in [0.2, 0.25) is 5.91 Å². The maximum absolute atomic E-state index is 12.8. The van der Waals surface area contributed by atoms with Crippen molar-refractivity contribution in [3.8, 4) is 11.5 Å². The van der Waals surface area contributed by atoms with Crippen molar-refractivity contribution in [2.45, 2.75) is 26.7 Å². The number of aryl methyl sites for hydroxylation is 2. The lowest BCUT2D eigenvalue weighted by Crippen LogP contribution is -2.33. The van der Waals surface area contributed by atoms with Gasteiger partial charge < -0.3 is 15.0 Å². The predicted molar refractivity (Wildman–Crippen MR) is 116 cm³/mol. The fourth-order valence-corrected chi connectivity index (χ4v) is 3.59. The van der Waals surface area contributed by atoms with Gasteiger partial charge in [0.15, 0.2) is 0 Å². The zero-order valence-corrected chi connectivity index (χ0v) is 17.0. The maximum atomic E-state index is 12.8. The monoisotopic (exact) mass is 401 g/mol. The number of aromatic nitrogens is 1. The van der Waals surface area contributed by atoms with Crippen LogP contribution in [0.2, 0.25) is 0 Å². The summed E-state index contributed by atoms with van der Waals surface area (Å²) in [6.07, 6.45) is 5.12. The van der Waals surface area contributed by atoms with E-state index in [0.717, 1.165) is 36.2 Å². The van der Waals surface area contributed by atoms with Crippen LogP contribution >= 0.6 is 0 Å². The highest BCUT2D eigenvalue weighted by molar-refractivity contribution is 6.05. The molecule has 0 bridgehead atoms. The normalized spacial score (nSPS) is 12.8. The number of nitrogens with zero attached hydrogens (tertiary/aromatic N) is 2. The molecule has 6 nitrogen and oxygen atoms in total. The van der Waals surface area contributed by atoms with E-state index in [-0.39, 0.29) is 11.8 Å². The Hall–Kier alpha value is -3.67. The van der Waals surface area contributed by atoms with Gasteiger partial charge in [-0.25, -0.2) is 0 Å². The van der Waals surface area contributed by atoms with E-state index in [9.17, 15) is 9.59 Å². The Kier molecular flexibility index (Phi) is 5.48. The van der Waals surface area contributed by atoms with Crippen LogP contribution in [0.1, 0.15) is 34.8 Å². The first-order chi connectivity index (χ1) is 14.5. The third-order valence-corrected chi connectivity index (χ3v) is 5.16. The quantitative estimate of drug-likeness (QED) is 0.686. The minimum absolute atomic E-state index is 0.0362. The fraction of sp³-hybridized carbons (Fsp3) is 0.208. The van der Waals surface area contributed by atoms with Gasteiger partial charge in [-0.1, -0.05) is 6.07 Å². The molecule has 0 atom stereocenters. The molecule has 0 radical (unpaired) electrons. The second-order valence-electron chi connectivity index (χ2n) is 7.34. The number of hydrogen-bond acceptors (Lipinski definition) is 4. The van der Waals surface area contributed by atoms with Gasteiger partial charge in [-0.2, -0.15) is 0 Å². The summed E-state index contributed by atoms with van der Waals surface area (Å²) in [5.41, 5.74) is 4.14. The lowest BCUT2D eigenvalue weighted by molar-refractivity contribution is -0.116. The Morgan fingerprint density at radius 3 is 2.63 bits per heavy atom. The van der Waals surface area contributed by atoms with Crippen molar-refractivity contribution in [3.05, 3.63) is 77.6 Å². The molecule has 2 amide bonds. The van der Waals surface area contributed by atoms with Gasteiger partial charge in [0.25, 0.3) is 5.91 Å². The van der Waals surface area contributed by atoms with Crippen LogP contribution in [0, 0.1) is 6.92 Å². The number of fused-ring (bicyclic) bond motifs is 1. The van der Waals surface area contributed by atoms with Crippen molar-refractivity contribution in [2.24, 2.45) is 0 Å². The number of pyridine rings is 1. The lowest BCUT2D eigenvalue weighted by Gasteiger charge is -2.29. The zero-order valence-electron chi connectivity index (χ0n) is 17.0. The van der Waals surface area contributed by atoms with E-state index in [1.54, 1.807) is 48.5 Å². The van der Waals surface area contributed by atoms with E-state index in [2.05, 4.69) is 10.3 Å². The average Bonchev–Trinajstić information content (AvgIpc) is 2.75. The molecule has 0 aliphatic carbocycles. The number of rotatable bonds is 4. The van der Waals surface area contributed by atoms with Crippen LogP contribution in [0.3, 0.4) is 0 Å². The van der Waals surface area contributed by atoms with Crippen LogP contribution in [0.25, 0.3) is 0 Å². The van der Waals surface area contributed by atoms with Gasteiger partial charge >= 0.3 is 0 Å². The molecule has 1 aliphatic heterocycles. The molecule has 1 aromatic heterocycles. The average molecular weight is 401 g/mol. The number of carbonyl (C=O) groups excluding carboxylic acids is 2. The zero-order chi connectivity index (χ0) is 21.1. The third-order valence-electron chi connectivity index (χ3n) is 5.16. The van der Waals surface area contributed by atoms with Crippen molar-refractivity contribution >= 4 is 23.2 Å². The second kappa shape index (κ2) is 8.37. The maximum Gasteiger partial charge on any atom is 0.255 e. The van der Waals surface area contributed by atoms with Crippen LogP contribution in [0.15, 0.2) is 60.9 Å². The molecule has 0 fully saturated rings. The Labute approximate surface area is 175 Å². The first-order valence-electron chi connectivity index (χ1n) is 9.92. The highest BCUT2D eigenvalue weighted by atomic mass is 16.5. The van der Waals surface area contributed by atoms with Gasteiger partial charge in [-0.3, -0.25) is 14.6 Å². The van der Waals surface area contributed by atoms with Gasteiger partial charge in [-0.05, 0) is 73.4 Å². The van der Waals surface area contributed by atoms with Gasteiger partial charge in [0.1, 0.15) is 11.5 Å². The Morgan fingerprint density at radius 1 is 1.07 bits per heavy atom. The number of carbonyl (C=O) groups is 2. The number of hydrogen-bond donors (Lipinski definition) is 1. The molecule has 152 valence electrons. The fourth-order valence-electron chi connectivity index (χ4n) is 3.59. The van der Waals surface area contributed by atoms with E-state index < -0.39 is 0 Å². The van der Waals surface area contributed by atoms with Crippen LogP contribution < -0.4 is 15.0 Å². The van der Waals surface area contributed by atoms with Crippen LogP contribution in [-0.2, 0) is 11.2 Å². The molecule has 1 N–H and O–H groups in total. The van der Waals surface area contributed by atoms with Gasteiger partial charge in [0.05, 0.1) is 0 Å². The van der Waals surface area contributed by atoms with Crippen LogP contribution in [0.5, 0.6) is 11.5 Å². The largest absolute Gasteiger partial charge is 0.457 e. The topological polar surface area (TPSA) is 71.5 Å². The summed E-state index contributed by atoms with van der Waals surface area (Å²) in [7, 11) is 0. The molecule has 3 aromatic rings. The Balaban J connectivity index is 1.53. The molecular weight excluding hydrogens is 378 g/mol. The summed E-state index contributed by atoms with van der Waals surface area (Å²) in [6.45, 7) is 4.24. The molecule has 2 heterocycles. The first-order valence-corrected chi connectivity index (χ1v) is 9.92. The third kappa shape index (κ3) is 4.17. The van der Waals surface area contributed by atoms with Crippen molar-refractivity contribution in [3.63, 3.8) is 0 Å². The highest BCUT2D eigenvalue weighted by Crippen LogP contribution is 2.30. The van der Waals surface area contributed by atoms with Crippen molar-refractivity contribution < 1.29 is 14.3 Å². The molecule has 30 heavy (non-hydrogen) atoms. The molecule has 6 heteroatoms. The van der Waals surface area contributed by atoms with E-state index in [0.29, 0.717) is 22.7 Å². The minimum atomic E-state index is -0.214. The first kappa shape index (κ1) is 19.6. The van der Waals surface area contributed by atoms with Crippen molar-refractivity contribution in [1.29, 1.82) is 0 Å². The van der Waals surface area contributed by atoms with Crippen LogP contribution in [0.4, 0.5) is 11.4 Å².